The number of methoxy groups -OCH3 is 3. The van der Waals surface area contributed by atoms with Crippen molar-refractivity contribution >= 4 is 22.7 Å². The van der Waals surface area contributed by atoms with Gasteiger partial charge in [0.05, 0.1) is 38.1 Å². The summed E-state index contributed by atoms with van der Waals surface area (Å²) in [7, 11) is 4.62. The molecule has 32 heavy (non-hydrogen) atoms. The smallest absolute Gasteiger partial charge is 0.339 e. The Balaban J connectivity index is 1.81. The molecule has 0 N–H and O–H groups in total. The molecule has 0 unspecified atom stereocenters. The molecular formula is C25H25NO6. The van der Waals surface area contributed by atoms with E-state index in [2.05, 4.69) is 0 Å². The zero-order valence-corrected chi connectivity index (χ0v) is 18.3. The van der Waals surface area contributed by atoms with E-state index in [1.165, 1.54) is 7.11 Å². The number of pyridine rings is 1. The Morgan fingerprint density at radius 3 is 2.34 bits per heavy atom. The number of para-hydroxylation sites is 1. The molecule has 0 aliphatic heterocycles. The third-order valence-corrected chi connectivity index (χ3v) is 5.64. The fourth-order valence-electron chi connectivity index (χ4n) is 3.99. The van der Waals surface area contributed by atoms with Gasteiger partial charge in [0.15, 0.2) is 23.4 Å². The number of ether oxygens (including phenoxy) is 4. The summed E-state index contributed by atoms with van der Waals surface area (Å²) < 4.78 is 21.9. The summed E-state index contributed by atoms with van der Waals surface area (Å²) in [6.45, 7) is 0. The minimum atomic E-state index is -0.687. The highest BCUT2D eigenvalue weighted by Crippen LogP contribution is 2.41. The van der Waals surface area contributed by atoms with Gasteiger partial charge >= 0.3 is 5.97 Å². The van der Waals surface area contributed by atoms with Crippen molar-refractivity contribution in [2.24, 2.45) is 0 Å². The number of Topliss-reactive ketones (excluding diaryl/α,β-unsaturated/α-hetero) is 1. The first kappa shape index (κ1) is 21.6. The number of benzene rings is 2. The van der Waals surface area contributed by atoms with Crippen molar-refractivity contribution in [2.45, 2.75) is 31.8 Å². The van der Waals surface area contributed by atoms with Gasteiger partial charge in [0, 0.05) is 17.4 Å². The van der Waals surface area contributed by atoms with Gasteiger partial charge in [-0.2, -0.15) is 0 Å². The molecule has 1 fully saturated rings. The van der Waals surface area contributed by atoms with E-state index in [1.807, 2.05) is 24.3 Å². The van der Waals surface area contributed by atoms with Crippen LogP contribution in [0.2, 0.25) is 0 Å². The van der Waals surface area contributed by atoms with Crippen molar-refractivity contribution in [3.8, 4) is 28.5 Å². The highest BCUT2D eigenvalue weighted by Gasteiger charge is 2.27. The van der Waals surface area contributed by atoms with Gasteiger partial charge < -0.3 is 18.9 Å². The first-order valence-electron chi connectivity index (χ1n) is 10.5. The summed E-state index contributed by atoms with van der Waals surface area (Å²) in [5, 5.41) is 0.664. The summed E-state index contributed by atoms with van der Waals surface area (Å²) in [5.41, 5.74) is 2.23. The van der Waals surface area contributed by atoms with Crippen molar-refractivity contribution in [2.75, 3.05) is 21.3 Å². The number of aromatic nitrogens is 1. The number of carbonyl (C=O) groups excluding carboxylic acids is 2. The molecule has 1 aliphatic carbocycles. The summed E-state index contributed by atoms with van der Waals surface area (Å²) in [6.07, 6.45) is 2.04. The van der Waals surface area contributed by atoms with Crippen molar-refractivity contribution in [3.05, 3.63) is 48.0 Å². The molecule has 3 aromatic rings. The lowest BCUT2D eigenvalue weighted by Gasteiger charge is -2.21. The molecule has 0 spiro atoms. The average Bonchev–Trinajstić information content (AvgIpc) is 2.83. The number of hydrogen-bond donors (Lipinski definition) is 0. The van der Waals surface area contributed by atoms with Crippen molar-refractivity contribution in [3.63, 3.8) is 0 Å². The fourth-order valence-corrected chi connectivity index (χ4v) is 3.99. The maximum absolute atomic E-state index is 13.1. The quantitative estimate of drug-likeness (QED) is 0.523. The van der Waals surface area contributed by atoms with E-state index in [9.17, 15) is 9.59 Å². The van der Waals surface area contributed by atoms with Gasteiger partial charge in [-0.3, -0.25) is 4.79 Å². The van der Waals surface area contributed by atoms with Crippen LogP contribution in [0.5, 0.6) is 17.2 Å². The second kappa shape index (κ2) is 9.26. The number of ketones is 1. The normalized spacial score (nSPS) is 16.0. The highest BCUT2D eigenvalue weighted by atomic mass is 16.5. The van der Waals surface area contributed by atoms with Crippen LogP contribution >= 0.6 is 0 Å². The second-order valence-corrected chi connectivity index (χ2v) is 7.59. The van der Waals surface area contributed by atoms with Crippen LogP contribution in [-0.4, -0.2) is 44.2 Å². The molecule has 7 heteroatoms. The van der Waals surface area contributed by atoms with E-state index in [1.54, 1.807) is 32.4 Å². The first-order chi connectivity index (χ1) is 15.5. The largest absolute Gasteiger partial charge is 0.493 e. The maximum Gasteiger partial charge on any atom is 0.339 e. The van der Waals surface area contributed by atoms with Crippen LogP contribution < -0.4 is 14.2 Å². The Bertz CT molecular complexity index is 1150. The van der Waals surface area contributed by atoms with Crippen LogP contribution in [0.1, 0.15) is 36.0 Å². The molecule has 1 heterocycles. The van der Waals surface area contributed by atoms with E-state index in [4.69, 9.17) is 23.9 Å². The maximum atomic E-state index is 13.1. The zero-order chi connectivity index (χ0) is 22.7. The molecular weight excluding hydrogens is 410 g/mol. The molecule has 1 saturated carbocycles. The number of carbonyl (C=O) groups is 2. The lowest BCUT2D eigenvalue weighted by molar-refractivity contribution is -0.129. The van der Waals surface area contributed by atoms with Gasteiger partial charge in [0.2, 0.25) is 5.75 Å². The van der Waals surface area contributed by atoms with E-state index in [0.29, 0.717) is 57.8 Å². The van der Waals surface area contributed by atoms with Crippen LogP contribution in [0, 0.1) is 0 Å². The van der Waals surface area contributed by atoms with E-state index in [-0.39, 0.29) is 5.78 Å². The van der Waals surface area contributed by atoms with Gasteiger partial charge in [-0.25, -0.2) is 9.78 Å². The third-order valence-electron chi connectivity index (χ3n) is 5.64. The van der Waals surface area contributed by atoms with Gasteiger partial charge in [-0.1, -0.05) is 18.2 Å². The molecule has 7 nitrogen and oxygen atoms in total. The molecule has 166 valence electrons. The van der Waals surface area contributed by atoms with Crippen LogP contribution in [0.3, 0.4) is 0 Å². The Hall–Kier alpha value is -3.61. The summed E-state index contributed by atoms with van der Waals surface area (Å²) in [6, 6.07) is 12.6. The molecule has 0 amide bonds. The van der Waals surface area contributed by atoms with Crippen LogP contribution in [-0.2, 0) is 9.53 Å². The third kappa shape index (κ3) is 4.10. The van der Waals surface area contributed by atoms with Gasteiger partial charge in [0.1, 0.15) is 0 Å². The predicted octanol–water partition coefficient (Wildman–Crippen LogP) is 4.60. The number of rotatable bonds is 6. The fraction of sp³-hybridized carbons (Fsp3) is 0.320. The SMILES string of the molecule is COc1cc(-c2cc(C(=O)O[C@@H]3CCCCC3=O)c3ccccc3n2)cc(OC)c1OC. The topological polar surface area (TPSA) is 84.0 Å². The first-order valence-corrected chi connectivity index (χ1v) is 10.5. The lowest BCUT2D eigenvalue weighted by Crippen LogP contribution is -2.30. The minimum Gasteiger partial charge on any atom is -0.493 e. The van der Waals surface area contributed by atoms with E-state index >= 15 is 0 Å². The molecule has 1 aliphatic rings. The standard InChI is InChI=1S/C25H25NO6/c1-29-22-12-15(13-23(30-2)24(22)31-3)19-14-17(16-8-4-5-9-18(16)26-19)25(28)32-21-11-7-6-10-20(21)27/h4-5,8-9,12-14,21H,6-7,10-11H2,1-3H3/t21-/m1/s1. The van der Waals surface area contributed by atoms with E-state index < -0.39 is 12.1 Å². The Kier molecular flexibility index (Phi) is 6.25. The molecule has 1 atom stereocenters. The summed E-state index contributed by atoms with van der Waals surface area (Å²) in [4.78, 5) is 30.0. The van der Waals surface area contributed by atoms with Crippen molar-refractivity contribution < 1.29 is 28.5 Å². The second-order valence-electron chi connectivity index (χ2n) is 7.59. The van der Waals surface area contributed by atoms with Crippen LogP contribution in [0.4, 0.5) is 0 Å². The number of nitrogens with zero attached hydrogens (tertiary/aromatic N) is 1. The molecule has 2 aromatic carbocycles. The van der Waals surface area contributed by atoms with Crippen LogP contribution in [0.25, 0.3) is 22.2 Å². The minimum absolute atomic E-state index is 0.0205. The number of hydrogen-bond acceptors (Lipinski definition) is 7. The molecule has 0 bridgehead atoms. The van der Waals surface area contributed by atoms with E-state index in [0.717, 1.165) is 12.8 Å². The Morgan fingerprint density at radius 1 is 0.969 bits per heavy atom. The summed E-state index contributed by atoms with van der Waals surface area (Å²) >= 11 is 0. The van der Waals surface area contributed by atoms with Crippen molar-refractivity contribution in [1.29, 1.82) is 0 Å². The van der Waals surface area contributed by atoms with Crippen LogP contribution in [0.15, 0.2) is 42.5 Å². The van der Waals surface area contributed by atoms with Gasteiger partial charge in [0.25, 0.3) is 0 Å². The summed E-state index contributed by atoms with van der Waals surface area (Å²) in [5.74, 6) is 0.878. The lowest BCUT2D eigenvalue weighted by atomic mass is 9.96. The van der Waals surface area contributed by atoms with Gasteiger partial charge in [-0.15, -0.1) is 0 Å². The highest BCUT2D eigenvalue weighted by molar-refractivity contribution is 6.05. The number of esters is 1. The molecule has 4 rings (SSSR count). The molecule has 1 aromatic heterocycles. The average molecular weight is 435 g/mol. The Morgan fingerprint density at radius 2 is 1.69 bits per heavy atom. The zero-order valence-electron chi connectivity index (χ0n) is 18.3. The predicted molar refractivity (Wildman–Crippen MR) is 120 cm³/mol. The van der Waals surface area contributed by atoms with Crippen molar-refractivity contribution in [1.82, 2.24) is 4.98 Å². The Labute approximate surface area is 186 Å². The molecule has 0 radical (unpaired) electrons. The number of fused-ring (bicyclic) bond motifs is 1. The monoisotopic (exact) mass is 435 g/mol. The molecule has 0 saturated heterocycles. The van der Waals surface area contributed by atoms with Gasteiger partial charge in [-0.05, 0) is 43.5 Å².